The highest BCUT2D eigenvalue weighted by Crippen LogP contribution is 2.25. The van der Waals surface area contributed by atoms with Gasteiger partial charge in [0.2, 0.25) is 0 Å². The molecule has 2 aromatic carbocycles. The van der Waals surface area contributed by atoms with Gasteiger partial charge in [-0.15, -0.1) is 0 Å². The minimum atomic E-state index is 0.270. The van der Waals surface area contributed by atoms with Gasteiger partial charge in [0.05, 0.1) is 6.04 Å². The molecule has 0 radical (unpaired) electrons. The molecule has 1 N–H and O–H groups in total. The third-order valence-corrected chi connectivity index (χ3v) is 4.02. The van der Waals surface area contributed by atoms with Crippen LogP contribution in [0.2, 0.25) is 0 Å². The quantitative estimate of drug-likeness (QED) is 0.845. The molecular formula is C19H25N. The van der Waals surface area contributed by atoms with Crippen LogP contribution in [0.4, 0.5) is 0 Å². The molecule has 0 heterocycles. The van der Waals surface area contributed by atoms with E-state index in [4.69, 9.17) is 0 Å². The van der Waals surface area contributed by atoms with Gasteiger partial charge in [-0.2, -0.15) is 0 Å². The second-order valence-corrected chi connectivity index (χ2v) is 5.37. The van der Waals surface area contributed by atoms with Gasteiger partial charge in [0.1, 0.15) is 0 Å². The molecule has 0 aliphatic rings. The van der Waals surface area contributed by atoms with Crippen LogP contribution in [-0.4, -0.2) is 7.05 Å². The molecular weight excluding hydrogens is 242 g/mol. The van der Waals surface area contributed by atoms with Crippen LogP contribution in [-0.2, 0) is 12.8 Å². The van der Waals surface area contributed by atoms with Crippen molar-refractivity contribution in [3.63, 3.8) is 0 Å². The van der Waals surface area contributed by atoms with Gasteiger partial charge in [0.15, 0.2) is 0 Å². The Morgan fingerprint density at radius 2 is 1.45 bits per heavy atom. The molecule has 0 amide bonds. The first-order valence-electron chi connectivity index (χ1n) is 7.55. The molecule has 106 valence electrons. The maximum Gasteiger partial charge on any atom is 0.0574 e. The molecule has 2 aromatic rings. The summed E-state index contributed by atoms with van der Waals surface area (Å²) in [6.45, 7) is 6.59. The third-order valence-electron chi connectivity index (χ3n) is 4.02. The van der Waals surface area contributed by atoms with E-state index in [0.29, 0.717) is 0 Å². The fourth-order valence-corrected chi connectivity index (χ4v) is 2.78. The minimum Gasteiger partial charge on any atom is -0.309 e. The Bertz CT molecular complexity index is 554. The Kier molecular flexibility index (Phi) is 4.97. The smallest absolute Gasteiger partial charge is 0.0574 e. The summed E-state index contributed by atoms with van der Waals surface area (Å²) in [7, 11) is 2.03. The molecule has 1 nitrogen and oxygen atoms in total. The highest BCUT2D eigenvalue weighted by molar-refractivity contribution is 5.38. The molecule has 0 aromatic heterocycles. The highest BCUT2D eigenvalue weighted by Gasteiger charge is 2.13. The average Bonchev–Trinajstić information content (AvgIpc) is 2.49. The molecule has 0 fully saturated rings. The maximum atomic E-state index is 3.44. The van der Waals surface area contributed by atoms with E-state index in [-0.39, 0.29) is 6.04 Å². The van der Waals surface area contributed by atoms with Gasteiger partial charge in [0, 0.05) is 0 Å². The van der Waals surface area contributed by atoms with Crippen molar-refractivity contribution in [3.8, 4) is 0 Å². The van der Waals surface area contributed by atoms with Crippen LogP contribution in [0.15, 0.2) is 42.5 Å². The van der Waals surface area contributed by atoms with Gasteiger partial charge in [-0.3, -0.25) is 0 Å². The summed E-state index contributed by atoms with van der Waals surface area (Å²) in [6.07, 6.45) is 2.21. The van der Waals surface area contributed by atoms with Crippen molar-refractivity contribution in [1.29, 1.82) is 0 Å². The van der Waals surface area contributed by atoms with Gasteiger partial charge < -0.3 is 5.32 Å². The summed E-state index contributed by atoms with van der Waals surface area (Å²) in [5.74, 6) is 0. The summed E-state index contributed by atoms with van der Waals surface area (Å²) in [5, 5.41) is 3.44. The van der Waals surface area contributed by atoms with E-state index in [9.17, 15) is 0 Å². The number of hydrogen-bond donors (Lipinski definition) is 1. The molecule has 1 heteroatoms. The zero-order valence-electron chi connectivity index (χ0n) is 13.0. The second kappa shape index (κ2) is 6.71. The predicted molar refractivity (Wildman–Crippen MR) is 87.3 cm³/mol. The first kappa shape index (κ1) is 14.8. The van der Waals surface area contributed by atoms with Crippen molar-refractivity contribution >= 4 is 0 Å². The first-order valence-corrected chi connectivity index (χ1v) is 7.55. The van der Waals surface area contributed by atoms with Gasteiger partial charge in [-0.1, -0.05) is 61.9 Å². The lowest BCUT2D eigenvalue weighted by molar-refractivity contribution is 0.690. The molecule has 1 unspecified atom stereocenters. The van der Waals surface area contributed by atoms with Crippen molar-refractivity contribution in [2.75, 3.05) is 7.05 Å². The molecule has 1 atom stereocenters. The largest absolute Gasteiger partial charge is 0.309 e. The standard InChI is InChI=1S/C19H25N/c1-5-15-11-12-18(13-16(15)6-2)19(20-4)17-9-7-14(3)8-10-17/h7-13,19-20H,5-6H2,1-4H3. The Morgan fingerprint density at radius 1 is 0.850 bits per heavy atom. The van der Waals surface area contributed by atoms with E-state index >= 15 is 0 Å². The summed E-state index contributed by atoms with van der Waals surface area (Å²) in [5.41, 5.74) is 6.92. The number of aryl methyl sites for hydroxylation is 3. The summed E-state index contributed by atoms with van der Waals surface area (Å²) < 4.78 is 0. The van der Waals surface area contributed by atoms with Gasteiger partial charge >= 0.3 is 0 Å². The average molecular weight is 267 g/mol. The van der Waals surface area contributed by atoms with Crippen LogP contribution in [0.25, 0.3) is 0 Å². The molecule has 0 bridgehead atoms. The lowest BCUT2D eigenvalue weighted by Gasteiger charge is -2.19. The number of rotatable bonds is 5. The van der Waals surface area contributed by atoms with Gasteiger partial charge in [-0.05, 0) is 49.1 Å². The monoisotopic (exact) mass is 267 g/mol. The summed E-state index contributed by atoms with van der Waals surface area (Å²) in [6, 6.07) is 16.0. The molecule has 20 heavy (non-hydrogen) atoms. The molecule has 0 saturated carbocycles. The van der Waals surface area contributed by atoms with E-state index in [1.165, 1.54) is 27.8 Å². The van der Waals surface area contributed by atoms with Gasteiger partial charge in [0.25, 0.3) is 0 Å². The SMILES string of the molecule is CCc1ccc(C(NC)c2ccc(C)cc2)cc1CC. The van der Waals surface area contributed by atoms with Crippen molar-refractivity contribution in [1.82, 2.24) is 5.32 Å². The highest BCUT2D eigenvalue weighted by atomic mass is 14.9. The number of nitrogens with one attached hydrogen (secondary N) is 1. The van der Waals surface area contributed by atoms with E-state index in [2.05, 4.69) is 68.6 Å². The third kappa shape index (κ3) is 3.10. The van der Waals surface area contributed by atoms with E-state index in [0.717, 1.165) is 12.8 Å². The van der Waals surface area contributed by atoms with E-state index < -0.39 is 0 Å². The van der Waals surface area contributed by atoms with Crippen molar-refractivity contribution in [2.24, 2.45) is 0 Å². The Hall–Kier alpha value is -1.60. The zero-order valence-corrected chi connectivity index (χ0v) is 13.0. The molecule has 2 rings (SSSR count). The fourth-order valence-electron chi connectivity index (χ4n) is 2.78. The topological polar surface area (TPSA) is 12.0 Å². The normalized spacial score (nSPS) is 12.4. The lowest BCUT2D eigenvalue weighted by Crippen LogP contribution is -2.18. The Balaban J connectivity index is 2.39. The van der Waals surface area contributed by atoms with Gasteiger partial charge in [-0.25, -0.2) is 0 Å². The second-order valence-electron chi connectivity index (χ2n) is 5.37. The number of hydrogen-bond acceptors (Lipinski definition) is 1. The summed E-state index contributed by atoms with van der Waals surface area (Å²) in [4.78, 5) is 0. The zero-order chi connectivity index (χ0) is 14.5. The number of benzene rings is 2. The van der Waals surface area contributed by atoms with Crippen LogP contribution in [0.3, 0.4) is 0 Å². The van der Waals surface area contributed by atoms with Crippen LogP contribution in [0.5, 0.6) is 0 Å². The van der Waals surface area contributed by atoms with Crippen LogP contribution in [0, 0.1) is 6.92 Å². The fraction of sp³-hybridized carbons (Fsp3) is 0.368. The van der Waals surface area contributed by atoms with Crippen molar-refractivity contribution in [3.05, 3.63) is 70.3 Å². The summed E-state index contributed by atoms with van der Waals surface area (Å²) >= 11 is 0. The van der Waals surface area contributed by atoms with E-state index in [1.54, 1.807) is 0 Å². The first-order chi connectivity index (χ1) is 9.69. The van der Waals surface area contributed by atoms with Crippen molar-refractivity contribution in [2.45, 2.75) is 39.7 Å². The molecule has 0 aliphatic carbocycles. The Morgan fingerprint density at radius 3 is 2.00 bits per heavy atom. The van der Waals surface area contributed by atoms with Crippen LogP contribution < -0.4 is 5.32 Å². The maximum absolute atomic E-state index is 3.44. The van der Waals surface area contributed by atoms with Crippen LogP contribution >= 0.6 is 0 Å². The molecule has 0 spiro atoms. The molecule has 0 saturated heterocycles. The van der Waals surface area contributed by atoms with E-state index in [1.807, 2.05) is 7.05 Å². The predicted octanol–water partition coefficient (Wildman–Crippen LogP) is 4.43. The Labute approximate surface area is 123 Å². The lowest BCUT2D eigenvalue weighted by atomic mass is 9.93. The van der Waals surface area contributed by atoms with Crippen molar-refractivity contribution < 1.29 is 0 Å². The van der Waals surface area contributed by atoms with Crippen LogP contribution in [0.1, 0.15) is 47.7 Å². The molecule has 0 aliphatic heterocycles. The minimum absolute atomic E-state index is 0.270.